The van der Waals surface area contributed by atoms with Crippen LogP contribution in [0.25, 0.3) is 0 Å². The van der Waals surface area contributed by atoms with Gasteiger partial charge in [-0.05, 0) is 31.5 Å². The molecule has 0 atom stereocenters. The van der Waals surface area contributed by atoms with Gasteiger partial charge in [0.05, 0.1) is 12.3 Å². The SMILES string of the molecule is CCOc1cccc(CNc2c[nH]c(=S)c(C)c2)c1O. The number of phenols is 1. The average Bonchev–Trinajstić information content (AvgIpc) is 2.44. The summed E-state index contributed by atoms with van der Waals surface area (Å²) in [7, 11) is 0. The highest BCUT2D eigenvalue weighted by molar-refractivity contribution is 7.71. The van der Waals surface area contributed by atoms with Crippen molar-refractivity contribution in [2.45, 2.75) is 20.4 Å². The van der Waals surface area contributed by atoms with Gasteiger partial charge in [-0.15, -0.1) is 0 Å². The Hall–Kier alpha value is -2.01. The molecule has 3 N–H and O–H groups in total. The first-order chi connectivity index (χ1) is 9.61. The van der Waals surface area contributed by atoms with Gasteiger partial charge in [0.2, 0.25) is 0 Å². The minimum Gasteiger partial charge on any atom is -0.504 e. The van der Waals surface area contributed by atoms with Crippen LogP contribution in [0, 0.1) is 11.6 Å². The molecular weight excluding hydrogens is 272 g/mol. The van der Waals surface area contributed by atoms with Gasteiger partial charge in [-0.1, -0.05) is 24.4 Å². The zero-order valence-electron chi connectivity index (χ0n) is 11.6. The third kappa shape index (κ3) is 3.30. The first kappa shape index (κ1) is 14.4. The Balaban J connectivity index is 2.12. The highest BCUT2D eigenvalue weighted by Crippen LogP contribution is 2.30. The van der Waals surface area contributed by atoms with Crippen molar-refractivity contribution in [2.24, 2.45) is 0 Å². The molecule has 1 aromatic carbocycles. The van der Waals surface area contributed by atoms with Crippen LogP contribution in [-0.2, 0) is 6.54 Å². The maximum atomic E-state index is 10.1. The predicted molar refractivity (Wildman–Crippen MR) is 83.0 cm³/mol. The largest absolute Gasteiger partial charge is 0.504 e. The summed E-state index contributed by atoms with van der Waals surface area (Å²) < 4.78 is 6.10. The third-order valence-electron chi connectivity index (χ3n) is 2.95. The molecule has 0 unspecified atom stereocenters. The molecule has 0 radical (unpaired) electrons. The molecule has 4 nitrogen and oxygen atoms in total. The molecule has 0 saturated carbocycles. The second-order valence-electron chi connectivity index (χ2n) is 4.45. The van der Waals surface area contributed by atoms with Crippen molar-refractivity contribution < 1.29 is 9.84 Å². The van der Waals surface area contributed by atoms with Gasteiger partial charge >= 0.3 is 0 Å². The Labute approximate surface area is 123 Å². The van der Waals surface area contributed by atoms with E-state index >= 15 is 0 Å². The maximum absolute atomic E-state index is 10.1. The number of phenolic OH excluding ortho intramolecular Hbond substituents is 1. The number of para-hydroxylation sites is 1. The number of rotatable bonds is 5. The molecule has 0 amide bonds. The van der Waals surface area contributed by atoms with Crippen LogP contribution in [-0.4, -0.2) is 16.7 Å². The predicted octanol–water partition coefficient (Wildman–Crippen LogP) is 3.77. The number of hydrogen-bond acceptors (Lipinski definition) is 4. The zero-order chi connectivity index (χ0) is 14.5. The fourth-order valence-corrected chi connectivity index (χ4v) is 2.00. The Morgan fingerprint density at radius 2 is 2.20 bits per heavy atom. The van der Waals surface area contributed by atoms with Gasteiger partial charge in [0, 0.05) is 18.3 Å². The molecule has 2 aromatic rings. The Bertz CT molecular complexity index is 653. The van der Waals surface area contributed by atoms with E-state index in [0.29, 0.717) is 18.9 Å². The number of hydrogen-bond donors (Lipinski definition) is 3. The summed E-state index contributed by atoms with van der Waals surface area (Å²) >= 11 is 5.12. The lowest BCUT2D eigenvalue weighted by Gasteiger charge is -2.12. The standard InChI is InChI=1S/C15H18N2O2S/c1-3-19-13-6-4-5-11(14(13)18)8-16-12-7-10(2)15(20)17-9-12/h4-7,9,16,18H,3,8H2,1-2H3,(H,17,20). The smallest absolute Gasteiger partial charge is 0.162 e. The van der Waals surface area contributed by atoms with Crippen LogP contribution >= 0.6 is 12.2 Å². The van der Waals surface area contributed by atoms with E-state index in [1.54, 1.807) is 6.07 Å². The molecule has 0 saturated heterocycles. The first-order valence-corrected chi connectivity index (χ1v) is 6.89. The molecule has 1 heterocycles. The highest BCUT2D eigenvalue weighted by Gasteiger charge is 2.07. The van der Waals surface area contributed by atoms with Crippen LogP contribution in [0.1, 0.15) is 18.1 Å². The Kier molecular flexibility index (Phi) is 4.63. The molecule has 0 aliphatic rings. The molecule has 0 aliphatic heterocycles. The number of aromatic hydroxyl groups is 1. The molecule has 1 aromatic heterocycles. The summed E-state index contributed by atoms with van der Waals surface area (Å²) in [6.45, 7) is 4.88. The van der Waals surface area contributed by atoms with Crippen molar-refractivity contribution in [1.29, 1.82) is 0 Å². The van der Waals surface area contributed by atoms with Crippen molar-refractivity contribution in [2.75, 3.05) is 11.9 Å². The second-order valence-corrected chi connectivity index (χ2v) is 4.86. The molecule has 0 aliphatic carbocycles. The first-order valence-electron chi connectivity index (χ1n) is 6.48. The average molecular weight is 290 g/mol. The third-order valence-corrected chi connectivity index (χ3v) is 3.39. The number of nitrogens with one attached hydrogen (secondary N) is 2. The number of ether oxygens (including phenoxy) is 1. The summed E-state index contributed by atoms with van der Waals surface area (Å²) in [5, 5.41) is 13.4. The van der Waals surface area contributed by atoms with Gasteiger partial charge in [-0.3, -0.25) is 0 Å². The van der Waals surface area contributed by atoms with Crippen LogP contribution in [0.15, 0.2) is 30.5 Å². The molecule has 0 spiro atoms. The molecular formula is C15H18N2O2S. The van der Waals surface area contributed by atoms with Crippen LogP contribution < -0.4 is 10.1 Å². The second kappa shape index (κ2) is 6.43. The summed E-state index contributed by atoms with van der Waals surface area (Å²) in [5.74, 6) is 0.692. The summed E-state index contributed by atoms with van der Waals surface area (Å²) in [4.78, 5) is 3.02. The number of benzene rings is 1. The topological polar surface area (TPSA) is 57.3 Å². The van der Waals surface area contributed by atoms with E-state index in [4.69, 9.17) is 17.0 Å². The van der Waals surface area contributed by atoms with Crippen LogP contribution in [0.5, 0.6) is 11.5 Å². The summed E-state index contributed by atoms with van der Waals surface area (Å²) in [6.07, 6.45) is 1.82. The van der Waals surface area contributed by atoms with Crippen LogP contribution in [0.3, 0.4) is 0 Å². The normalized spacial score (nSPS) is 10.3. The van der Waals surface area contributed by atoms with E-state index in [1.165, 1.54) is 0 Å². The van der Waals surface area contributed by atoms with E-state index < -0.39 is 0 Å². The summed E-state index contributed by atoms with van der Waals surface area (Å²) in [5.41, 5.74) is 2.73. The minimum absolute atomic E-state index is 0.183. The number of aryl methyl sites for hydroxylation is 1. The molecule has 5 heteroatoms. The van der Waals surface area contributed by atoms with Gasteiger partial charge in [0.1, 0.15) is 4.64 Å². The molecule has 20 heavy (non-hydrogen) atoms. The van der Waals surface area contributed by atoms with Crippen LogP contribution in [0.2, 0.25) is 0 Å². The van der Waals surface area contributed by atoms with Crippen LogP contribution in [0.4, 0.5) is 5.69 Å². The summed E-state index contributed by atoms with van der Waals surface area (Å²) in [6, 6.07) is 7.46. The van der Waals surface area contributed by atoms with Gasteiger partial charge < -0.3 is 20.1 Å². The number of pyridine rings is 1. The van der Waals surface area contributed by atoms with Gasteiger partial charge in [0.25, 0.3) is 0 Å². The lowest BCUT2D eigenvalue weighted by molar-refractivity contribution is 0.317. The van der Waals surface area contributed by atoms with E-state index in [9.17, 15) is 5.11 Å². The Morgan fingerprint density at radius 3 is 2.90 bits per heavy atom. The van der Waals surface area contributed by atoms with Crippen molar-refractivity contribution in [3.05, 3.63) is 46.2 Å². The van der Waals surface area contributed by atoms with Crippen molar-refractivity contribution in [3.63, 3.8) is 0 Å². The highest BCUT2D eigenvalue weighted by atomic mass is 32.1. The van der Waals surface area contributed by atoms with Crippen molar-refractivity contribution >= 4 is 17.9 Å². The van der Waals surface area contributed by atoms with E-state index in [0.717, 1.165) is 21.5 Å². The van der Waals surface area contributed by atoms with E-state index in [1.807, 2.05) is 38.2 Å². The van der Waals surface area contributed by atoms with Gasteiger partial charge in [-0.25, -0.2) is 0 Å². The number of aromatic amines is 1. The van der Waals surface area contributed by atoms with Crippen molar-refractivity contribution in [1.82, 2.24) is 4.98 Å². The van der Waals surface area contributed by atoms with E-state index in [2.05, 4.69) is 10.3 Å². The molecule has 106 valence electrons. The van der Waals surface area contributed by atoms with E-state index in [-0.39, 0.29) is 5.75 Å². The molecule has 2 rings (SSSR count). The molecule has 0 fully saturated rings. The van der Waals surface area contributed by atoms with Gasteiger partial charge in [-0.2, -0.15) is 0 Å². The van der Waals surface area contributed by atoms with Crippen molar-refractivity contribution in [3.8, 4) is 11.5 Å². The lowest BCUT2D eigenvalue weighted by Crippen LogP contribution is -2.02. The fourth-order valence-electron chi connectivity index (χ4n) is 1.88. The maximum Gasteiger partial charge on any atom is 0.162 e. The monoisotopic (exact) mass is 290 g/mol. The fraction of sp³-hybridized carbons (Fsp3) is 0.267. The zero-order valence-corrected chi connectivity index (χ0v) is 12.4. The molecule has 0 bridgehead atoms. The quantitative estimate of drug-likeness (QED) is 0.734. The number of anilines is 1. The minimum atomic E-state index is 0.183. The Morgan fingerprint density at radius 1 is 1.40 bits per heavy atom. The lowest BCUT2D eigenvalue weighted by atomic mass is 10.2. The van der Waals surface area contributed by atoms with Gasteiger partial charge in [0.15, 0.2) is 11.5 Å². The number of H-pyrrole nitrogens is 1. The number of aromatic nitrogens is 1.